The van der Waals surface area contributed by atoms with Crippen molar-refractivity contribution < 1.29 is 9.26 Å². The van der Waals surface area contributed by atoms with Gasteiger partial charge in [0, 0.05) is 13.1 Å². The lowest BCUT2D eigenvalue weighted by molar-refractivity contribution is -0.0900. The molecule has 0 radical (unpaired) electrons. The number of halogens is 1. The van der Waals surface area contributed by atoms with Crippen molar-refractivity contribution in [2.75, 3.05) is 19.7 Å². The highest BCUT2D eigenvalue weighted by molar-refractivity contribution is 5.85. The van der Waals surface area contributed by atoms with Crippen molar-refractivity contribution in [2.24, 2.45) is 5.73 Å². The van der Waals surface area contributed by atoms with Gasteiger partial charge in [-0.3, -0.25) is 4.90 Å². The van der Waals surface area contributed by atoms with Gasteiger partial charge < -0.3 is 15.0 Å². The summed E-state index contributed by atoms with van der Waals surface area (Å²) < 4.78 is 10.9. The van der Waals surface area contributed by atoms with Crippen LogP contribution in [0, 0.1) is 0 Å². The summed E-state index contributed by atoms with van der Waals surface area (Å²) in [5, 5.41) is 3.92. The van der Waals surface area contributed by atoms with Crippen LogP contribution < -0.4 is 5.73 Å². The van der Waals surface area contributed by atoms with Crippen LogP contribution >= 0.6 is 12.4 Å². The molecular weight excluding hydrogens is 268 g/mol. The van der Waals surface area contributed by atoms with Gasteiger partial charge in [0.25, 0.3) is 0 Å². The Morgan fingerprint density at radius 3 is 2.63 bits per heavy atom. The molecular formula is C12H23ClN4O2. The van der Waals surface area contributed by atoms with E-state index in [1.807, 2.05) is 13.8 Å². The van der Waals surface area contributed by atoms with Crippen molar-refractivity contribution in [1.82, 2.24) is 15.0 Å². The van der Waals surface area contributed by atoms with Crippen LogP contribution in [0.25, 0.3) is 0 Å². The molecule has 0 spiro atoms. The zero-order chi connectivity index (χ0) is 13.4. The number of hydrogen-bond donors (Lipinski definition) is 1. The van der Waals surface area contributed by atoms with Gasteiger partial charge in [-0.15, -0.1) is 12.4 Å². The average molecular weight is 291 g/mol. The molecule has 19 heavy (non-hydrogen) atoms. The predicted octanol–water partition coefficient (Wildman–Crippen LogP) is 1.30. The smallest absolute Gasteiger partial charge is 0.240 e. The van der Waals surface area contributed by atoms with Gasteiger partial charge >= 0.3 is 0 Å². The molecule has 2 heterocycles. The molecule has 1 aromatic heterocycles. The molecule has 1 saturated heterocycles. The Balaban J connectivity index is 0.00000180. The first-order valence-corrected chi connectivity index (χ1v) is 6.24. The molecule has 0 atom stereocenters. The van der Waals surface area contributed by atoms with Crippen LogP contribution in [-0.2, 0) is 16.8 Å². The molecule has 6 nitrogen and oxygen atoms in total. The Bertz CT molecular complexity index is 414. The molecule has 1 aromatic rings. The average Bonchev–Trinajstić information content (AvgIpc) is 2.63. The van der Waals surface area contributed by atoms with Crippen LogP contribution in [0.15, 0.2) is 4.52 Å². The van der Waals surface area contributed by atoms with E-state index in [0.29, 0.717) is 18.3 Å². The van der Waals surface area contributed by atoms with Crippen molar-refractivity contribution >= 4 is 12.4 Å². The Morgan fingerprint density at radius 2 is 2.11 bits per heavy atom. The lowest BCUT2D eigenvalue weighted by atomic mass is 10.1. The zero-order valence-electron chi connectivity index (χ0n) is 12.0. The molecule has 1 aliphatic heterocycles. The van der Waals surface area contributed by atoms with E-state index in [9.17, 15) is 0 Å². The number of nitrogens with zero attached hydrogens (tertiary/aromatic N) is 3. The van der Waals surface area contributed by atoms with Crippen LogP contribution in [0.4, 0.5) is 0 Å². The fraction of sp³-hybridized carbons (Fsp3) is 0.833. The van der Waals surface area contributed by atoms with Crippen LogP contribution in [0.5, 0.6) is 0 Å². The number of rotatable bonds is 3. The van der Waals surface area contributed by atoms with E-state index in [1.54, 1.807) is 0 Å². The number of morpholine rings is 1. The van der Waals surface area contributed by atoms with Gasteiger partial charge in [0.15, 0.2) is 5.82 Å². The first-order valence-electron chi connectivity index (χ1n) is 6.24. The SMILES string of the molecule is CC1(C)CN(Cc2nc(C(C)(C)N)no2)CCO1.Cl. The molecule has 110 valence electrons. The topological polar surface area (TPSA) is 77.4 Å². The minimum atomic E-state index is -0.563. The summed E-state index contributed by atoms with van der Waals surface area (Å²) in [5.74, 6) is 1.16. The molecule has 1 fully saturated rings. The molecule has 1 aliphatic rings. The largest absolute Gasteiger partial charge is 0.373 e. The van der Waals surface area contributed by atoms with E-state index in [1.165, 1.54) is 0 Å². The Morgan fingerprint density at radius 1 is 1.42 bits per heavy atom. The molecule has 0 unspecified atom stereocenters. The summed E-state index contributed by atoms with van der Waals surface area (Å²) in [4.78, 5) is 6.59. The minimum absolute atomic E-state index is 0. The molecule has 0 aliphatic carbocycles. The normalized spacial score (nSPS) is 20.1. The highest BCUT2D eigenvalue weighted by Crippen LogP contribution is 2.19. The summed E-state index contributed by atoms with van der Waals surface area (Å²) in [6.45, 7) is 11.0. The maximum Gasteiger partial charge on any atom is 0.240 e. The maximum absolute atomic E-state index is 5.93. The molecule has 0 saturated carbocycles. The van der Waals surface area contributed by atoms with E-state index >= 15 is 0 Å². The quantitative estimate of drug-likeness (QED) is 0.904. The fourth-order valence-corrected chi connectivity index (χ4v) is 2.02. The van der Waals surface area contributed by atoms with Crippen molar-refractivity contribution in [2.45, 2.75) is 45.4 Å². The molecule has 2 N–H and O–H groups in total. The van der Waals surface area contributed by atoms with E-state index in [-0.39, 0.29) is 18.0 Å². The molecule has 0 amide bonds. The highest BCUT2D eigenvalue weighted by atomic mass is 35.5. The van der Waals surface area contributed by atoms with Crippen molar-refractivity contribution in [1.29, 1.82) is 0 Å². The summed E-state index contributed by atoms with van der Waals surface area (Å²) in [5.41, 5.74) is 5.25. The number of aromatic nitrogens is 2. The minimum Gasteiger partial charge on any atom is -0.373 e. The van der Waals surface area contributed by atoms with Gasteiger partial charge in [-0.05, 0) is 27.7 Å². The molecule has 2 rings (SSSR count). The van der Waals surface area contributed by atoms with E-state index < -0.39 is 5.54 Å². The third kappa shape index (κ3) is 4.42. The second-order valence-electron chi connectivity index (χ2n) is 6.05. The van der Waals surface area contributed by atoms with Crippen LogP contribution in [0.1, 0.15) is 39.4 Å². The maximum atomic E-state index is 5.93. The van der Waals surface area contributed by atoms with Gasteiger partial charge in [-0.1, -0.05) is 5.16 Å². The summed E-state index contributed by atoms with van der Waals surface area (Å²) >= 11 is 0. The summed E-state index contributed by atoms with van der Waals surface area (Å²) in [6, 6.07) is 0. The van der Waals surface area contributed by atoms with Gasteiger partial charge in [0.2, 0.25) is 5.89 Å². The Kier molecular flexibility index (Phi) is 4.95. The summed E-state index contributed by atoms with van der Waals surface area (Å²) in [6.07, 6.45) is 0. The van der Waals surface area contributed by atoms with E-state index in [2.05, 4.69) is 28.9 Å². The predicted molar refractivity (Wildman–Crippen MR) is 74.1 cm³/mol. The van der Waals surface area contributed by atoms with E-state index in [4.69, 9.17) is 15.0 Å². The lowest BCUT2D eigenvalue weighted by Gasteiger charge is -2.37. The third-order valence-electron chi connectivity index (χ3n) is 2.91. The first-order chi connectivity index (χ1) is 8.26. The third-order valence-corrected chi connectivity index (χ3v) is 2.91. The van der Waals surface area contributed by atoms with Crippen LogP contribution in [-0.4, -0.2) is 40.3 Å². The van der Waals surface area contributed by atoms with Crippen molar-refractivity contribution in [3.05, 3.63) is 11.7 Å². The Labute approximate surface area is 120 Å². The Hall–Kier alpha value is -0.690. The zero-order valence-corrected chi connectivity index (χ0v) is 12.8. The van der Waals surface area contributed by atoms with Crippen molar-refractivity contribution in [3.63, 3.8) is 0 Å². The second kappa shape index (κ2) is 5.75. The van der Waals surface area contributed by atoms with Crippen LogP contribution in [0.3, 0.4) is 0 Å². The molecule has 0 bridgehead atoms. The van der Waals surface area contributed by atoms with Crippen LogP contribution in [0.2, 0.25) is 0 Å². The standard InChI is InChI=1S/C12H22N4O2.ClH/c1-11(2)8-16(5-6-17-11)7-9-14-10(15-18-9)12(3,4)13;/h5-8,13H2,1-4H3;1H. The van der Waals surface area contributed by atoms with Crippen molar-refractivity contribution in [3.8, 4) is 0 Å². The van der Waals surface area contributed by atoms with E-state index in [0.717, 1.165) is 19.7 Å². The first kappa shape index (κ1) is 16.4. The molecule has 7 heteroatoms. The molecule has 0 aromatic carbocycles. The highest BCUT2D eigenvalue weighted by Gasteiger charge is 2.29. The van der Waals surface area contributed by atoms with Gasteiger partial charge in [-0.25, -0.2) is 0 Å². The lowest BCUT2D eigenvalue weighted by Crippen LogP contribution is -2.47. The number of hydrogen-bond acceptors (Lipinski definition) is 6. The number of nitrogens with two attached hydrogens (primary N) is 1. The summed E-state index contributed by atoms with van der Waals surface area (Å²) in [7, 11) is 0. The monoisotopic (exact) mass is 290 g/mol. The van der Waals surface area contributed by atoms with Gasteiger partial charge in [-0.2, -0.15) is 4.98 Å². The second-order valence-corrected chi connectivity index (χ2v) is 6.05. The number of ether oxygens (including phenoxy) is 1. The fourth-order valence-electron chi connectivity index (χ4n) is 2.02. The van der Waals surface area contributed by atoms with Gasteiger partial charge in [0.05, 0.1) is 24.3 Å². The van der Waals surface area contributed by atoms with Gasteiger partial charge in [0.1, 0.15) is 0 Å².